The molecule has 0 bridgehead atoms. The van der Waals surface area contributed by atoms with Crippen LogP contribution in [0.4, 0.5) is 5.69 Å². The number of hydrogen-bond donors (Lipinski definition) is 2. The molecule has 1 fully saturated rings. The van der Waals surface area contributed by atoms with Crippen molar-refractivity contribution in [3.8, 4) is 5.75 Å². The SMILES string of the molecule is Cn1cccc1[C@@H]1[C@H](c2ccccn2)NC(=S)N1c1ccccc1O. The molecule has 1 saturated heterocycles. The van der Waals surface area contributed by atoms with E-state index in [0.29, 0.717) is 10.8 Å². The summed E-state index contributed by atoms with van der Waals surface area (Å²) in [6.07, 6.45) is 3.79. The van der Waals surface area contributed by atoms with Crippen molar-refractivity contribution in [3.63, 3.8) is 0 Å². The highest BCUT2D eigenvalue weighted by Crippen LogP contribution is 2.43. The molecule has 126 valence electrons. The number of rotatable bonds is 3. The summed E-state index contributed by atoms with van der Waals surface area (Å²) in [6.45, 7) is 0. The lowest BCUT2D eigenvalue weighted by Crippen LogP contribution is -2.30. The number of para-hydroxylation sites is 2. The Morgan fingerprint density at radius 1 is 1.08 bits per heavy atom. The summed E-state index contributed by atoms with van der Waals surface area (Å²) < 4.78 is 2.07. The summed E-state index contributed by atoms with van der Waals surface area (Å²) in [5.41, 5.74) is 2.69. The van der Waals surface area contributed by atoms with Crippen LogP contribution < -0.4 is 10.2 Å². The lowest BCUT2D eigenvalue weighted by molar-refractivity contribution is 0.471. The standard InChI is InChI=1S/C19H18N4OS/c1-22-12-6-9-15(22)18-17(13-7-4-5-11-20-13)21-19(25)23(18)14-8-2-3-10-16(14)24/h2-12,17-18,24H,1H3,(H,21,25)/t17-,18+/m0/s1. The maximum atomic E-state index is 10.4. The first kappa shape index (κ1) is 15.7. The average Bonchev–Trinajstić information content (AvgIpc) is 3.19. The van der Waals surface area contributed by atoms with E-state index in [-0.39, 0.29) is 17.8 Å². The van der Waals surface area contributed by atoms with Crippen molar-refractivity contribution in [1.82, 2.24) is 14.9 Å². The van der Waals surface area contributed by atoms with Crippen LogP contribution in [-0.2, 0) is 7.05 Å². The van der Waals surface area contributed by atoms with E-state index in [0.717, 1.165) is 11.4 Å². The van der Waals surface area contributed by atoms with Crippen LogP contribution in [0.1, 0.15) is 23.5 Å². The van der Waals surface area contributed by atoms with Crippen LogP contribution in [-0.4, -0.2) is 19.8 Å². The molecule has 3 aromatic rings. The Kier molecular flexibility index (Phi) is 3.89. The number of anilines is 1. The number of pyridine rings is 1. The number of nitrogens with one attached hydrogen (secondary N) is 1. The molecule has 1 aliphatic rings. The summed E-state index contributed by atoms with van der Waals surface area (Å²) in [6, 6.07) is 17.0. The molecule has 0 saturated carbocycles. The smallest absolute Gasteiger partial charge is 0.174 e. The summed E-state index contributed by atoms with van der Waals surface area (Å²) in [5.74, 6) is 0.201. The van der Waals surface area contributed by atoms with E-state index in [2.05, 4.69) is 20.9 Å². The van der Waals surface area contributed by atoms with Crippen LogP contribution in [0.15, 0.2) is 67.0 Å². The predicted molar refractivity (Wildman–Crippen MR) is 101 cm³/mol. The van der Waals surface area contributed by atoms with E-state index in [9.17, 15) is 5.11 Å². The minimum Gasteiger partial charge on any atom is -0.506 e. The molecule has 0 amide bonds. The second kappa shape index (κ2) is 6.22. The predicted octanol–water partition coefficient (Wildman–Crippen LogP) is 3.30. The lowest BCUT2D eigenvalue weighted by Gasteiger charge is -2.28. The molecular formula is C19H18N4OS. The third kappa shape index (κ3) is 2.64. The number of hydrogen-bond acceptors (Lipinski definition) is 3. The number of aromatic hydroxyl groups is 1. The van der Waals surface area contributed by atoms with Crippen LogP contribution in [0.2, 0.25) is 0 Å². The minimum atomic E-state index is -0.115. The molecule has 5 nitrogen and oxygen atoms in total. The van der Waals surface area contributed by atoms with Gasteiger partial charge in [-0.25, -0.2) is 0 Å². The van der Waals surface area contributed by atoms with E-state index >= 15 is 0 Å². The number of phenolic OH excluding ortho intramolecular Hbond substituents is 1. The van der Waals surface area contributed by atoms with E-state index in [4.69, 9.17) is 12.2 Å². The molecule has 0 spiro atoms. The fourth-order valence-electron chi connectivity index (χ4n) is 3.36. The van der Waals surface area contributed by atoms with Gasteiger partial charge in [-0.05, 0) is 48.6 Å². The Bertz CT molecular complexity index is 909. The molecule has 1 aromatic carbocycles. The molecule has 6 heteroatoms. The molecule has 2 atom stereocenters. The summed E-state index contributed by atoms with van der Waals surface area (Å²) in [7, 11) is 2.01. The van der Waals surface area contributed by atoms with E-state index in [1.807, 2.05) is 54.5 Å². The van der Waals surface area contributed by atoms with Crippen molar-refractivity contribution in [2.45, 2.75) is 12.1 Å². The van der Waals surface area contributed by atoms with Gasteiger partial charge in [0.2, 0.25) is 0 Å². The minimum absolute atomic E-state index is 0.109. The van der Waals surface area contributed by atoms with Gasteiger partial charge in [0.05, 0.1) is 17.4 Å². The zero-order chi connectivity index (χ0) is 17.4. The summed E-state index contributed by atoms with van der Waals surface area (Å²) >= 11 is 5.62. The maximum Gasteiger partial charge on any atom is 0.174 e. The van der Waals surface area contributed by atoms with Crippen LogP contribution in [0.5, 0.6) is 5.75 Å². The fourth-order valence-corrected chi connectivity index (χ4v) is 3.70. The zero-order valence-corrected chi connectivity index (χ0v) is 14.5. The van der Waals surface area contributed by atoms with Gasteiger partial charge in [-0.1, -0.05) is 18.2 Å². The third-order valence-electron chi connectivity index (χ3n) is 4.53. The number of aryl methyl sites for hydroxylation is 1. The van der Waals surface area contributed by atoms with Gasteiger partial charge < -0.3 is 19.9 Å². The Hall–Kier alpha value is -2.86. The second-order valence-corrected chi connectivity index (χ2v) is 6.42. The van der Waals surface area contributed by atoms with Crippen molar-refractivity contribution in [1.29, 1.82) is 0 Å². The van der Waals surface area contributed by atoms with Gasteiger partial charge in [-0.15, -0.1) is 0 Å². The second-order valence-electron chi connectivity index (χ2n) is 6.03. The van der Waals surface area contributed by atoms with Crippen molar-refractivity contribution < 1.29 is 5.11 Å². The van der Waals surface area contributed by atoms with Gasteiger partial charge in [0, 0.05) is 25.1 Å². The number of phenols is 1. The molecule has 4 rings (SSSR count). The quantitative estimate of drug-likeness (QED) is 0.710. The van der Waals surface area contributed by atoms with E-state index < -0.39 is 0 Å². The molecule has 2 aromatic heterocycles. The Morgan fingerprint density at radius 3 is 2.56 bits per heavy atom. The third-order valence-corrected chi connectivity index (χ3v) is 4.84. The molecule has 3 heterocycles. The molecular weight excluding hydrogens is 332 g/mol. The first-order valence-electron chi connectivity index (χ1n) is 8.06. The number of benzene rings is 1. The molecule has 0 aliphatic carbocycles. The first-order valence-corrected chi connectivity index (χ1v) is 8.47. The molecule has 2 N–H and O–H groups in total. The van der Waals surface area contributed by atoms with Crippen molar-refractivity contribution >= 4 is 23.0 Å². The Balaban J connectivity index is 1.87. The van der Waals surface area contributed by atoms with Gasteiger partial charge in [0.15, 0.2) is 5.11 Å². The Morgan fingerprint density at radius 2 is 1.88 bits per heavy atom. The fraction of sp³-hybridized carbons (Fsp3) is 0.158. The first-order chi connectivity index (χ1) is 12.2. The van der Waals surface area contributed by atoms with E-state index in [1.165, 1.54) is 0 Å². The monoisotopic (exact) mass is 350 g/mol. The normalized spacial score (nSPS) is 19.9. The average molecular weight is 350 g/mol. The number of thiocarbonyl (C=S) groups is 1. The highest BCUT2D eigenvalue weighted by molar-refractivity contribution is 7.80. The van der Waals surface area contributed by atoms with Crippen LogP contribution in [0, 0.1) is 0 Å². The van der Waals surface area contributed by atoms with E-state index in [1.54, 1.807) is 18.3 Å². The molecule has 1 aliphatic heterocycles. The highest BCUT2D eigenvalue weighted by Gasteiger charge is 2.42. The maximum absolute atomic E-state index is 10.4. The zero-order valence-electron chi connectivity index (χ0n) is 13.7. The van der Waals surface area contributed by atoms with Crippen molar-refractivity contribution in [3.05, 3.63) is 78.4 Å². The number of aromatic nitrogens is 2. The van der Waals surface area contributed by atoms with Gasteiger partial charge in [-0.2, -0.15) is 0 Å². The van der Waals surface area contributed by atoms with Crippen molar-refractivity contribution in [2.75, 3.05) is 4.90 Å². The van der Waals surface area contributed by atoms with Crippen LogP contribution in [0.25, 0.3) is 0 Å². The topological polar surface area (TPSA) is 53.3 Å². The largest absolute Gasteiger partial charge is 0.506 e. The van der Waals surface area contributed by atoms with Gasteiger partial charge in [0.25, 0.3) is 0 Å². The molecule has 25 heavy (non-hydrogen) atoms. The van der Waals surface area contributed by atoms with Gasteiger partial charge >= 0.3 is 0 Å². The number of nitrogens with zero attached hydrogens (tertiary/aromatic N) is 3. The summed E-state index contributed by atoms with van der Waals surface area (Å²) in [5, 5.41) is 14.3. The molecule has 0 unspecified atom stereocenters. The van der Waals surface area contributed by atoms with Gasteiger partial charge in [0.1, 0.15) is 11.8 Å². The van der Waals surface area contributed by atoms with Gasteiger partial charge in [-0.3, -0.25) is 4.98 Å². The lowest BCUT2D eigenvalue weighted by atomic mass is 10.0. The van der Waals surface area contributed by atoms with Crippen LogP contribution in [0.3, 0.4) is 0 Å². The molecule has 0 radical (unpaired) electrons. The highest BCUT2D eigenvalue weighted by atomic mass is 32.1. The summed E-state index contributed by atoms with van der Waals surface area (Å²) in [4.78, 5) is 6.49. The van der Waals surface area contributed by atoms with Crippen LogP contribution >= 0.6 is 12.2 Å². The Labute approximate surface area is 151 Å². The van der Waals surface area contributed by atoms with Crippen molar-refractivity contribution in [2.24, 2.45) is 7.05 Å².